The fourth-order valence-corrected chi connectivity index (χ4v) is 16.0. The van der Waals surface area contributed by atoms with Gasteiger partial charge in [-0.25, -0.2) is 33.2 Å². The largest absolute Gasteiger partial charge is 0.490 e. The molecule has 9 rings (SSSR count). The Balaban J connectivity index is 0.800. The van der Waals surface area contributed by atoms with E-state index < -0.39 is 54.6 Å². The van der Waals surface area contributed by atoms with E-state index in [1.165, 1.54) is 26.7 Å². The number of amides is 2. The number of benzene rings is 3. The average molecular weight is 1250 g/mol. The molecular weight excluding hydrogens is 1170 g/mol. The average Bonchev–Trinajstić information content (AvgIpc) is 0.925. The third-order valence-electron chi connectivity index (χ3n) is 16.7. The van der Waals surface area contributed by atoms with Crippen LogP contribution in [0.4, 0.5) is 17.5 Å². The number of phosphoric acid groups is 3. The molecule has 8 atom stereocenters. The van der Waals surface area contributed by atoms with Crippen molar-refractivity contribution in [2.24, 2.45) is 0 Å². The van der Waals surface area contributed by atoms with Crippen molar-refractivity contribution >= 4 is 69.5 Å². The Morgan fingerprint density at radius 1 is 0.860 bits per heavy atom. The normalized spacial score (nSPS) is 22.7. The van der Waals surface area contributed by atoms with Crippen LogP contribution in [0.3, 0.4) is 0 Å². The predicted octanol–water partition coefficient (Wildman–Crippen LogP) is 6.27. The van der Waals surface area contributed by atoms with Crippen LogP contribution in [0.25, 0.3) is 16.7 Å². The van der Waals surface area contributed by atoms with Crippen LogP contribution in [-0.2, 0) is 36.4 Å². The molecule has 6 heterocycles. The summed E-state index contributed by atoms with van der Waals surface area (Å²) >= 11 is 0. The van der Waals surface area contributed by atoms with E-state index in [2.05, 4.69) is 128 Å². The first-order chi connectivity index (χ1) is 40.4. The number of ether oxygens (including phenoxy) is 2. The molecule has 3 aromatic carbocycles. The number of carbonyl (C=O) groups is 2. The van der Waals surface area contributed by atoms with Crippen molar-refractivity contribution in [3.05, 3.63) is 93.3 Å². The summed E-state index contributed by atoms with van der Waals surface area (Å²) in [4.78, 5) is 81.7. The molecule has 5 aromatic rings. The summed E-state index contributed by atoms with van der Waals surface area (Å²) in [6, 6.07) is 16.9. The maximum atomic E-state index is 14.7. The molecule has 2 aromatic heterocycles. The first kappa shape index (κ1) is 64.8. The van der Waals surface area contributed by atoms with E-state index in [9.17, 15) is 43.3 Å². The number of aromatic nitrogens is 4. The van der Waals surface area contributed by atoms with E-state index in [4.69, 9.17) is 25.0 Å². The van der Waals surface area contributed by atoms with E-state index in [0.717, 1.165) is 78.5 Å². The standard InChI is InChI=1S/C57H79N10O16P3/c1-10-65-41-27-43-39(25-37(41)33(3)29-56(65,5)6)47(40-26-38-34(4)30-57(7,8)66(11-2)42(38)28-44(40)80-43)35-19-14-15-20-36(35)53(71)64(9)24-18-21-46(68)59-22-16-12-13-17-23-60-55-63-48-51(58)61-32-62-52(48)67(55)54-50(70)49(69)45(81-54)31-79-85(75,76)83-86(77,78)82-84(72,73)74/h14-15,19-20,25-28,32-34,45,49-50,54,58,69-70H,10-13,16-18,21-24,29-31H2,1-9H3,(H6,59,68,71,72,73,74,75,76,77,78)/p+1/t33?,34?,45-,49-,50-,54-/m1/s1. The smallest absolute Gasteiger partial charge is 0.456 e. The highest BCUT2D eigenvalue weighted by Gasteiger charge is 2.48. The molecule has 4 unspecified atom stereocenters. The number of aliphatic hydroxyl groups is 2. The Morgan fingerprint density at radius 3 is 2.28 bits per heavy atom. The van der Waals surface area contributed by atoms with Gasteiger partial charge in [-0.15, -0.1) is 0 Å². The first-order valence-electron chi connectivity index (χ1n) is 29.0. The van der Waals surface area contributed by atoms with Crippen molar-refractivity contribution in [3.8, 4) is 11.5 Å². The highest BCUT2D eigenvalue weighted by atomic mass is 31.3. The molecule has 0 spiro atoms. The molecule has 26 nitrogen and oxygen atoms in total. The summed E-state index contributed by atoms with van der Waals surface area (Å²) in [7, 11) is -15.3. The number of anilines is 3. The second-order valence-corrected chi connectivity index (χ2v) is 28.3. The predicted molar refractivity (Wildman–Crippen MR) is 321 cm³/mol. The number of nitrogens with zero attached hydrogens (tertiary/aromatic N) is 7. The van der Waals surface area contributed by atoms with Crippen LogP contribution in [0.1, 0.15) is 157 Å². The van der Waals surface area contributed by atoms with Gasteiger partial charge in [0.05, 0.1) is 12.7 Å². The molecule has 1 saturated heterocycles. The molecule has 0 aliphatic carbocycles. The van der Waals surface area contributed by atoms with Gasteiger partial charge in [0.25, 0.3) is 5.91 Å². The number of phosphoric ester groups is 1. The van der Waals surface area contributed by atoms with E-state index in [1.807, 2.05) is 24.3 Å². The SMILES string of the molecule is CCN1c2cc3c(cc2C(C)CC1(C)C)C(c1ccccc1C(=O)N(C)CCCC(=O)NCCCCCCNc1nc2c(N)ncnc2n1[C@@H]1O[C@H](COP(=O)(O)OP(=O)(O)OP(=O)(O)O)[C@@H](O)[C@H]1O)=c1cc2c(cc1O3)=[N+](CC)C(C)(C)CC2C. The van der Waals surface area contributed by atoms with Gasteiger partial charge in [-0.1, -0.05) is 44.9 Å². The van der Waals surface area contributed by atoms with E-state index in [1.54, 1.807) is 11.9 Å². The van der Waals surface area contributed by atoms with Gasteiger partial charge in [0, 0.05) is 90.8 Å². The number of imidazole rings is 1. The fraction of sp³-hybridized carbons (Fsp3) is 0.544. The Morgan fingerprint density at radius 2 is 1.57 bits per heavy atom. The topological polar surface area (TPSA) is 356 Å². The number of aliphatic hydroxyl groups excluding tert-OH is 2. The summed E-state index contributed by atoms with van der Waals surface area (Å²) in [5.74, 6) is 1.94. The van der Waals surface area contributed by atoms with Gasteiger partial charge < -0.3 is 65.4 Å². The van der Waals surface area contributed by atoms with Crippen molar-refractivity contribution in [2.45, 2.75) is 154 Å². The number of rotatable bonds is 24. The Hall–Kier alpha value is -5.69. The zero-order valence-electron chi connectivity index (χ0n) is 49.9. The lowest BCUT2D eigenvalue weighted by molar-refractivity contribution is -0.121. The van der Waals surface area contributed by atoms with Gasteiger partial charge in [-0.05, 0) is 108 Å². The highest BCUT2D eigenvalue weighted by Crippen LogP contribution is 2.66. The third kappa shape index (κ3) is 13.8. The molecule has 0 saturated carbocycles. The summed E-state index contributed by atoms with van der Waals surface area (Å²) < 4.78 is 63.9. The van der Waals surface area contributed by atoms with Gasteiger partial charge in [-0.3, -0.25) is 18.7 Å². The first-order valence-corrected chi connectivity index (χ1v) is 33.6. The Labute approximate surface area is 498 Å². The van der Waals surface area contributed by atoms with Crippen LogP contribution < -0.4 is 41.2 Å². The van der Waals surface area contributed by atoms with E-state index in [0.29, 0.717) is 56.3 Å². The molecular formula is C57H80N10O16P3+. The maximum Gasteiger partial charge on any atom is 0.490 e. The van der Waals surface area contributed by atoms with Crippen LogP contribution >= 0.6 is 23.5 Å². The highest BCUT2D eigenvalue weighted by molar-refractivity contribution is 7.66. The molecule has 2 amide bonds. The lowest BCUT2D eigenvalue weighted by Gasteiger charge is -2.47. The Kier molecular flexibility index (Phi) is 19.1. The minimum absolute atomic E-state index is 0.0119. The summed E-state index contributed by atoms with van der Waals surface area (Å²) in [5.41, 5.74) is 13.2. The summed E-state index contributed by atoms with van der Waals surface area (Å²) in [6.45, 7) is 20.1. The minimum Gasteiger partial charge on any atom is -0.456 e. The van der Waals surface area contributed by atoms with Crippen molar-refractivity contribution < 1.29 is 75.7 Å². The monoisotopic (exact) mass is 1250 g/mol. The van der Waals surface area contributed by atoms with Crippen LogP contribution in [-0.4, -0.2) is 142 Å². The van der Waals surface area contributed by atoms with Gasteiger partial charge in [0.15, 0.2) is 28.7 Å². The zero-order chi connectivity index (χ0) is 62.4. The molecule has 0 bridgehead atoms. The van der Waals surface area contributed by atoms with Crippen molar-refractivity contribution in [1.29, 1.82) is 0 Å². The lowest BCUT2D eigenvalue weighted by atomic mass is 9.77. The molecule has 0 radical (unpaired) electrons. The summed E-state index contributed by atoms with van der Waals surface area (Å²) in [5, 5.41) is 30.2. The van der Waals surface area contributed by atoms with Crippen molar-refractivity contribution in [2.75, 3.05) is 62.3 Å². The molecule has 86 heavy (non-hydrogen) atoms. The summed E-state index contributed by atoms with van der Waals surface area (Å²) in [6.07, 6.45) is 0.0851. The fourth-order valence-electron chi connectivity index (χ4n) is 13.0. The third-order valence-corrected chi connectivity index (χ3v) is 20.5. The second-order valence-electron chi connectivity index (χ2n) is 23.9. The molecule has 468 valence electrons. The number of fused-ring (bicyclic) bond motifs is 5. The maximum absolute atomic E-state index is 14.7. The number of unbranched alkanes of at least 4 members (excludes halogenated alkanes) is 3. The number of hydrogen-bond acceptors (Lipinski definition) is 18. The van der Waals surface area contributed by atoms with Crippen molar-refractivity contribution in [1.82, 2.24) is 34.3 Å². The zero-order valence-corrected chi connectivity index (χ0v) is 52.6. The Bertz CT molecular complexity index is 3690. The molecule has 4 aliphatic rings. The van der Waals surface area contributed by atoms with Gasteiger partial charge in [-0.2, -0.15) is 8.62 Å². The van der Waals surface area contributed by atoms with Gasteiger partial charge >= 0.3 is 23.5 Å². The minimum atomic E-state index is -5.82. The lowest BCUT2D eigenvalue weighted by Crippen LogP contribution is -2.52. The van der Waals surface area contributed by atoms with E-state index >= 15 is 0 Å². The number of nitrogens with one attached hydrogen (secondary N) is 2. The second kappa shape index (κ2) is 25.4. The van der Waals surface area contributed by atoms with Crippen molar-refractivity contribution in [3.63, 3.8) is 0 Å². The van der Waals surface area contributed by atoms with Crippen LogP contribution in [0.15, 0.2) is 54.9 Å². The molecule has 10 N–H and O–H groups in total. The number of hydrogen-bond donors (Lipinski definition) is 9. The molecule has 1 fully saturated rings. The van der Waals surface area contributed by atoms with Crippen LogP contribution in [0.5, 0.6) is 11.5 Å². The molecule has 4 aliphatic heterocycles. The van der Waals surface area contributed by atoms with Gasteiger partial charge in [0.2, 0.25) is 17.2 Å². The number of nitrogens with two attached hydrogens (primary N) is 1. The van der Waals surface area contributed by atoms with Crippen LogP contribution in [0.2, 0.25) is 0 Å². The molecule has 29 heteroatoms. The van der Waals surface area contributed by atoms with Gasteiger partial charge in [0.1, 0.15) is 42.7 Å². The number of carbonyl (C=O) groups excluding carboxylic acids is 2. The van der Waals surface area contributed by atoms with Crippen LogP contribution in [0, 0.1) is 0 Å². The quantitative estimate of drug-likeness (QED) is 0.0183. The number of nitrogen functional groups attached to an aromatic ring is 1. The van der Waals surface area contributed by atoms with E-state index in [-0.39, 0.29) is 52.2 Å².